The number of rotatable bonds is 4. The molecule has 2 nitrogen and oxygen atoms in total. The largest absolute Gasteiger partial charge is 0.457 e. The summed E-state index contributed by atoms with van der Waals surface area (Å²) in [6.45, 7) is 0. The third-order valence-corrected chi connectivity index (χ3v) is 3.62. The van der Waals surface area contributed by atoms with Crippen LogP contribution in [-0.2, 0) is 0 Å². The Hall–Kier alpha value is -2.65. The second kappa shape index (κ2) is 6.63. The number of hydrogen-bond acceptors (Lipinski definition) is 2. The molecule has 0 fully saturated rings. The summed E-state index contributed by atoms with van der Waals surface area (Å²) >= 11 is 6.13. The Kier molecular flexibility index (Phi) is 4.40. The molecule has 3 rings (SSSR count). The Bertz CT molecular complexity index is 863. The van der Waals surface area contributed by atoms with Gasteiger partial charge in [-0.1, -0.05) is 23.7 Å². The summed E-state index contributed by atoms with van der Waals surface area (Å²) in [6, 6.07) is 16.3. The molecular formula is C19H12ClFO2. The summed E-state index contributed by atoms with van der Waals surface area (Å²) in [5.74, 6) is 0.571. The molecule has 2 aromatic carbocycles. The van der Waals surface area contributed by atoms with Crippen LogP contribution in [0.1, 0.15) is 16.1 Å². The minimum Gasteiger partial charge on any atom is -0.457 e. The van der Waals surface area contributed by atoms with Gasteiger partial charge in [0.15, 0.2) is 5.78 Å². The molecule has 0 bridgehead atoms. The van der Waals surface area contributed by atoms with Crippen molar-refractivity contribution in [1.29, 1.82) is 0 Å². The van der Waals surface area contributed by atoms with Crippen molar-refractivity contribution in [2.24, 2.45) is 0 Å². The highest BCUT2D eigenvalue weighted by atomic mass is 35.5. The van der Waals surface area contributed by atoms with Gasteiger partial charge < -0.3 is 4.42 Å². The van der Waals surface area contributed by atoms with Crippen molar-refractivity contribution >= 4 is 23.5 Å². The second-order valence-corrected chi connectivity index (χ2v) is 5.29. The minimum atomic E-state index is -0.374. The summed E-state index contributed by atoms with van der Waals surface area (Å²) in [6.07, 6.45) is 2.97. The van der Waals surface area contributed by atoms with Crippen LogP contribution in [0, 0.1) is 5.82 Å². The van der Waals surface area contributed by atoms with Gasteiger partial charge in [0.05, 0.1) is 5.02 Å². The van der Waals surface area contributed by atoms with E-state index in [1.807, 2.05) is 18.2 Å². The number of ketones is 1. The first-order chi connectivity index (χ1) is 11.1. The number of furan rings is 1. The maximum atomic E-state index is 12.8. The van der Waals surface area contributed by atoms with E-state index < -0.39 is 0 Å². The van der Waals surface area contributed by atoms with E-state index in [0.29, 0.717) is 22.1 Å². The van der Waals surface area contributed by atoms with E-state index in [1.165, 1.54) is 30.3 Å². The predicted octanol–water partition coefficient (Wildman–Crippen LogP) is 5.64. The normalized spacial score (nSPS) is 11.0. The van der Waals surface area contributed by atoms with E-state index in [4.69, 9.17) is 16.0 Å². The molecule has 23 heavy (non-hydrogen) atoms. The number of allylic oxidation sites excluding steroid dienone is 1. The fourth-order valence-corrected chi connectivity index (χ4v) is 2.35. The molecule has 1 aromatic heterocycles. The number of halogens is 2. The molecule has 0 unspecified atom stereocenters. The third-order valence-electron chi connectivity index (χ3n) is 3.29. The smallest absolute Gasteiger partial charge is 0.185 e. The predicted molar refractivity (Wildman–Crippen MR) is 88.9 cm³/mol. The zero-order chi connectivity index (χ0) is 16.2. The van der Waals surface area contributed by atoms with Crippen LogP contribution in [0.4, 0.5) is 4.39 Å². The highest BCUT2D eigenvalue weighted by molar-refractivity contribution is 6.33. The van der Waals surface area contributed by atoms with Crippen LogP contribution < -0.4 is 0 Å². The molecule has 114 valence electrons. The summed E-state index contributed by atoms with van der Waals surface area (Å²) < 4.78 is 18.5. The van der Waals surface area contributed by atoms with Gasteiger partial charge in [-0.25, -0.2) is 4.39 Å². The molecule has 0 spiro atoms. The fourth-order valence-electron chi connectivity index (χ4n) is 2.12. The third kappa shape index (κ3) is 3.58. The first kappa shape index (κ1) is 15.3. The van der Waals surface area contributed by atoms with E-state index in [1.54, 1.807) is 24.3 Å². The lowest BCUT2D eigenvalue weighted by Gasteiger charge is -1.99. The molecule has 0 aliphatic rings. The maximum absolute atomic E-state index is 12.8. The van der Waals surface area contributed by atoms with Gasteiger partial charge in [-0.3, -0.25) is 4.79 Å². The van der Waals surface area contributed by atoms with E-state index in [0.717, 1.165) is 5.56 Å². The van der Waals surface area contributed by atoms with Crippen LogP contribution in [0.15, 0.2) is 71.2 Å². The molecule has 3 aromatic rings. The summed E-state index contributed by atoms with van der Waals surface area (Å²) in [5, 5.41) is 0.597. The van der Waals surface area contributed by atoms with Crippen molar-refractivity contribution in [2.75, 3.05) is 0 Å². The monoisotopic (exact) mass is 326 g/mol. The van der Waals surface area contributed by atoms with Gasteiger partial charge in [0, 0.05) is 11.1 Å². The Labute approximate surface area is 137 Å². The minimum absolute atomic E-state index is 0.222. The van der Waals surface area contributed by atoms with Crippen molar-refractivity contribution in [3.05, 3.63) is 88.9 Å². The molecule has 0 atom stereocenters. The lowest BCUT2D eigenvalue weighted by atomic mass is 10.1. The molecule has 0 aliphatic heterocycles. The quantitative estimate of drug-likeness (QED) is 0.459. The molecule has 0 saturated heterocycles. The molecule has 0 radical (unpaired) electrons. The zero-order valence-corrected chi connectivity index (χ0v) is 12.8. The Morgan fingerprint density at radius 1 is 1.00 bits per heavy atom. The average Bonchev–Trinajstić information content (AvgIpc) is 3.02. The average molecular weight is 327 g/mol. The number of benzene rings is 2. The van der Waals surface area contributed by atoms with Crippen LogP contribution in [0.5, 0.6) is 0 Å². The fraction of sp³-hybridized carbons (Fsp3) is 0. The molecule has 1 heterocycles. The van der Waals surface area contributed by atoms with E-state index in [-0.39, 0.29) is 11.6 Å². The maximum Gasteiger partial charge on any atom is 0.185 e. The van der Waals surface area contributed by atoms with E-state index >= 15 is 0 Å². The summed E-state index contributed by atoms with van der Waals surface area (Å²) in [4.78, 5) is 12.0. The van der Waals surface area contributed by atoms with Gasteiger partial charge in [-0.2, -0.15) is 0 Å². The van der Waals surface area contributed by atoms with Gasteiger partial charge in [0.1, 0.15) is 17.3 Å². The van der Waals surface area contributed by atoms with Gasteiger partial charge in [0.25, 0.3) is 0 Å². The molecule has 4 heteroatoms. The van der Waals surface area contributed by atoms with E-state index in [2.05, 4.69) is 0 Å². The topological polar surface area (TPSA) is 30.2 Å². The van der Waals surface area contributed by atoms with Gasteiger partial charge in [-0.15, -0.1) is 0 Å². The SMILES string of the molecule is O=C(C=Cc1ccc(-c2ccccc2Cl)o1)c1ccc(F)cc1. The van der Waals surface area contributed by atoms with Crippen molar-refractivity contribution in [2.45, 2.75) is 0 Å². The van der Waals surface area contributed by atoms with Gasteiger partial charge in [0.2, 0.25) is 0 Å². The molecule has 0 aliphatic carbocycles. The lowest BCUT2D eigenvalue weighted by molar-refractivity contribution is 0.104. The van der Waals surface area contributed by atoms with Crippen LogP contribution >= 0.6 is 11.6 Å². The lowest BCUT2D eigenvalue weighted by Crippen LogP contribution is -1.93. The first-order valence-corrected chi connectivity index (χ1v) is 7.34. The highest BCUT2D eigenvalue weighted by Crippen LogP contribution is 2.29. The standard InChI is InChI=1S/C19H12ClFO2/c20-17-4-2-1-3-16(17)19-12-10-15(23-19)9-11-18(22)13-5-7-14(21)8-6-13/h1-12H. The number of carbonyl (C=O) groups excluding carboxylic acids is 1. The van der Waals surface area contributed by atoms with Crippen LogP contribution in [0.25, 0.3) is 17.4 Å². The van der Waals surface area contributed by atoms with Crippen LogP contribution in [0.2, 0.25) is 5.02 Å². The molecule has 0 amide bonds. The van der Waals surface area contributed by atoms with Crippen molar-refractivity contribution in [3.63, 3.8) is 0 Å². The Morgan fingerprint density at radius 2 is 1.74 bits per heavy atom. The Morgan fingerprint density at radius 3 is 2.48 bits per heavy atom. The molecule has 0 N–H and O–H groups in total. The van der Waals surface area contributed by atoms with Crippen molar-refractivity contribution in [1.82, 2.24) is 0 Å². The van der Waals surface area contributed by atoms with Crippen LogP contribution in [-0.4, -0.2) is 5.78 Å². The number of hydrogen-bond donors (Lipinski definition) is 0. The van der Waals surface area contributed by atoms with Crippen LogP contribution in [0.3, 0.4) is 0 Å². The van der Waals surface area contributed by atoms with Gasteiger partial charge >= 0.3 is 0 Å². The summed E-state index contributed by atoms with van der Waals surface area (Å²) in [5.41, 5.74) is 1.21. The van der Waals surface area contributed by atoms with Crippen molar-refractivity contribution < 1.29 is 13.6 Å². The number of carbonyl (C=O) groups is 1. The Balaban J connectivity index is 1.77. The highest BCUT2D eigenvalue weighted by Gasteiger charge is 2.07. The molecule has 0 saturated carbocycles. The van der Waals surface area contributed by atoms with Crippen molar-refractivity contribution in [3.8, 4) is 11.3 Å². The first-order valence-electron chi connectivity index (χ1n) is 6.96. The van der Waals surface area contributed by atoms with Gasteiger partial charge in [-0.05, 0) is 60.7 Å². The zero-order valence-electron chi connectivity index (χ0n) is 12.0. The summed E-state index contributed by atoms with van der Waals surface area (Å²) in [7, 11) is 0. The van der Waals surface area contributed by atoms with E-state index in [9.17, 15) is 9.18 Å². The molecular weight excluding hydrogens is 315 g/mol. The second-order valence-electron chi connectivity index (χ2n) is 4.89.